The van der Waals surface area contributed by atoms with E-state index >= 15 is 0 Å². The van der Waals surface area contributed by atoms with Crippen LogP contribution < -0.4 is 5.73 Å². The van der Waals surface area contributed by atoms with Crippen LogP contribution in [0.25, 0.3) is 0 Å². The van der Waals surface area contributed by atoms with Crippen molar-refractivity contribution in [1.29, 1.82) is 0 Å². The summed E-state index contributed by atoms with van der Waals surface area (Å²) < 4.78 is 11.9. The Bertz CT molecular complexity index is 49.0. The lowest BCUT2D eigenvalue weighted by atomic mass is 10.2. The summed E-state index contributed by atoms with van der Waals surface area (Å²) in [5.74, 6) is 0. The second-order valence-corrected chi connectivity index (χ2v) is 1.49. The van der Waals surface area contributed by atoms with Gasteiger partial charge in [-0.3, -0.25) is 0 Å². The van der Waals surface area contributed by atoms with E-state index in [2.05, 4.69) is 0 Å². The van der Waals surface area contributed by atoms with Gasteiger partial charge in [0.15, 0.2) is 0 Å². The summed E-state index contributed by atoms with van der Waals surface area (Å²) in [5, 5.41) is 8.37. The quantitative estimate of drug-likeness (QED) is 0.507. The first kappa shape index (κ1) is 6.85. The molecule has 7 heavy (non-hydrogen) atoms. The van der Waals surface area contributed by atoms with Gasteiger partial charge < -0.3 is 10.8 Å². The molecule has 44 valence electrons. The molecule has 3 N–H and O–H groups in total. The highest BCUT2D eigenvalue weighted by atomic mass is 19.1. The third-order valence-electron chi connectivity index (χ3n) is 0.749. The minimum absolute atomic E-state index is 0.0995. The van der Waals surface area contributed by atoms with Gasteiger partial charge in [-0.1, -0.05) is 0 Å². The van der Waals surface area contributed by atoms with Gasteiger partial charge in [0.25, 0.3) is 0 Å². The fourth-order valence-corrected chi connectivity index (χ4v) is 0.197. The fraction of sp³-hybridized carbons (Fsp3) is 1.00. The van der Waals surface area contributed by atoms with E-state index in [0.717, 1.165) is 0 Å². The molecule has 2 nitrogen and oxygen atoms in total. The summed E-state index contributed by atoms with van der Waals surface area (Å²) in [4.78, 5) is 0. The van der Waals surface area contributed by atoms with Gasteiger partial charge >= 0.3 is 0 Å². The maximum Gasteiger partial charge on any atom is 0.138 e. The average Bonchev–Trinajstić information content (AvgIpc) is 1.65. The van der Waals surface area contributed by atoms with E-state index in [1.54, 1.807) is 0 Å². The minimum Gasteiger partial charge on any atom is -0.390 e. The molecule has 0 radical (unpaired) electrons. The molecule has 0 aliphatic carbocycles. The first-order chi connectivity index (χ1) is 3.18. The third kappa shape index (κ3) is 2.53. The van der Waals surface area contributed by atoms with Gasteiger partial charge in [0, 0.05) is 6.54 Å². The number of aliphatic hydroxyl groups is 1. The van der Waals surface area contributed by atoms with Gasteiger partial charge in [0.1, 0.15) is 6.17 Å². The van der Waals surface area contributed by atoms with Crippen molar-refractivity contribution in [2.24, 2.45) is 5.73 Å². The van der Waals surface area contributed by atoms with Crippen LogP contribution in [-0.4, -0.2) is 23.9 Å². The van der Waals surface area contributed by atoms with Crippen molar-refractivity contribution in [3.63, 3.8) is 0 Å². The van der Waals surface area contributed by atoms with Crippen LogP contribution in [0.4, 0.5) is 4.39 Å². The fourth-order valence-electron chi connectivity index (χ4n) is 0.197. The molecular formula is C4H10FNO. The van der Waals surface area contributed by atoms with Crippen molar-refractivity contribution in [3.8, 4) is 0 Å². The smallest absolute Gasteiger partial charge is 0.138 e. The van der Waals surface area contributed by atoms with Crippen LogP contribution >= 0.6 is 0 Å². The van der Waals surface area contributed by atoms with E-state index in [1.165, 1.54) is 6.92 Å². The number of alkyl halides is 1. The topological polar surface area (TPSA) is 46.2 Å². The molecule has 0 bridgehead atoms. The molecule has 0 fully saturated rings. The maximum absolute atomic E-state index is 11.9. The summed E-state index contributed by atoms with van der Waals surface area (Å²) in [6.07, 6.45) is -2.19. The Kier molecular flexibility index (Phi) is 2.87. The molecule has 0 rings (SSSR count). The van der Waals surface area contributed by atoms with E-state index in [1.807, 2.05) is 0 Å². The van der Waals surface area contributed by atoms with Crippen molar-refractivity contribution in [2.75, 3.05) is 6.54 Å². The first-order valence-corrected chi connectivity index (χ1v) is 2.20. The second kappa shape index (κ2) is 2.93. The summed E-state index contributed by atoms with van der Waals surface area (Å²) in [7, 11) is 0. The van der Waals surface area contributed by atoms with Crippen molar-refractivity contribution in [2.45, 2.75) is 19.2 Å². The number of halogens is 1. The Labute approximate surface area is 42.1 Å². The van der Waals surface area contributed by atoms with Gasteiger partial charge in [-0.25, -0.2) is 4.39 Å². The molecule has 0 aromatic rings. The molecule has 0 saturated heterocycles. The second-order valence-electron chi connectivity index (χ2n) is 1.49. The number of aliphatic hydroxyl groups excluding tert-OH is 1. The van der Waals surface area contributed by atoms with Crippen LogP contribution in [0.15, 0.2) is 0 Å². The van der Waals surface area contributed by atoms with E-state index < -0.39 is 12.3 Å². The molecule has 0 aliphatic rings. The van der Waals surface area contributed by atoms with Crippen molar-refractivity contribution >= 4 is 0 Å². The van der Waals surface area contributed by atoms with Crippen LogP contribution in [0.2, 0.25) is 0 Å². The van der Waals surface area contributed by atoms with E-state index in [-0.39, 0.29) is 6.54 Å². The highest BCUT2D eigenvalue weighted by Crippen LogP contribution is 1.92. The summed E-state index contributed by atoms with van der Waals surface area (Å²) in [5.41, 5.74) is 4.84. The van der Waals surface area contributed by atoms with Crippen molar-refractivity contribution in [1.82, 2.24) is 0 Å². The molecular weight excluding hydrogens is 97.0 g/mol. The van der Waals surface area contributed by atoms with Gasteiger partial charge in [-0.15, -0.1) is 0 Å². The molecule has 0 saturated carbocycles. The predicted octanol–water partition coefficient (Wildman–Crippen LogP) is -0.336. The Balaban J connectivity index is 3.14. The number of nitrogens with two attached hydrogens (primary N) is 1. The molecule has 0 aromatic carbocycles. The average molecular weight is 107 g/mol. The number of hydrogen-bond acceptors (Lipinski definition) is 2. The zero-order chi connectivity index (χ0) is 5.86. The molecule has 2 atom stereocenters. The first-order valence-electron chi connectivity index (χ1n) is 2.20. The lowest BCUT2D eigenvalue weighted by Crippen LogP contribution is -2.26. The molecule has 3 heteroatoms. The van der Waals surface area contributed by atoms with Crippen LogP contribution in [0.1, 0.15) is 6.92 Å². The Morgan fingerprint density at radius 1 is 1.86 bits per heavy atom. The molecule has 0 amide bonds. The van der Waals surface area contributed by atoms with Gasteiger partial charge in [-0.2, -0.15) is 0 Å². The van der Waals surface area contributed by atoms with Gasteiger partial charge in [0.2, 0.25) is 0 Å². The number of rotatable bonds is 2. The van der Waals surface area contributed by atoms with Crippen molar-refractivity contribution in [3.05, 3.63) is 0 Å². The monoisotopic (exact) mass is 107 g/mol. The highest BCUT2D eigenvalue weighted by molar-refractivity contribution is 4.61. The SMILES string of the molecule is C[C@H](O)[C@H](F)CN. The van der Waals surface area contributed by atoms with Crippen LogP contribution in [0.3, 0.4) is 0 Å². The van der Waals surface area contributed by atoms with Gasteiger partial charge in [0.05, 0.1) is 6.10 Å². The molecule has 0 aromatic heterocycles. The lowest BCUT2D eigenvalue weighted by molar-refractivity contribution is 0.0980. The Morgan fingerprint density at radius 2 is 2.29 bits per heavy atom. The van der Waals surface area contributed by atoms with Crippen LogP contribution in [0.5, 0.6) is 0 Å². The van der Waals surface area contributed by atoms with Crippen LogP contribution in [-0.2, 0) is 0 Å². The zero-order valence-electron chi connectivity index (χ0n) is 4.26. The minimum atomic E-state index is -1.26. The van der Waals surface area contributed by atoms with Gasteiger partial charge in [-0.05, 0) is 6.92 Å². The highest BCUT2D eigenvalue weighted by Gasteiger charge is 2.08. The van der Waals surface area contributed by atoms with Crippen molar-refractivity contribution < 1.29 is 9.50 Å². The summed E-state index contributed by atoms with van der Waals surface area (Å²) in [6, 6.07) is 0. The molecule has 0 unspecified atom stereocenters. The lowest BCUT2D eigenvalue weighted by Gasteiger charge is -2.05. The summed E-state index contributed by atoms with van der Waals surface area (Å²) >= 11 is 0. The Hall–Kier alpha value is -0.150. The standard InChI is InChI=1S/C4H10FNO/c1-3(7)4(5)2-6/h3-4,7H,2,6H2,1H3/t3-,4+/m0/s1. The molecule has 0 heterocycles. The molecule has 0 aliphatic heterocycles. The Morgan fingerprint density at radius 3 is 2.29 bits per heavy atom. The predicted molar refractivity (Wildman–Crippen MR) is 25.6 cm³/mol. The maximum atomic E-state index is 11.9. The zero-order valence-corrected chi connectivity index (χ0v) is 4.26. The third-order valence-corrected chi connectivity index (χ3v) is 0.749. The van der Waals surface area contributed by atoms with E-state index in [4.69, 9.17) is 10.8 Å². The molecule has 0 spiro atoms. The van der Waals surface area contributed by atoms with Crippen LogP contribution in [0, 0.1) is 0 Å². The summed E-state index contributed by atoms with van der Waals surface area (Å²) in [6.45, 7) is 1.27. The largest absolute Gasteiger partial charge is 0.390 e. The number of hydrogen-bond donors (Lipinski definition) is 2. The van der Waals surface area contributed by atoms with E-state index in [0.29, 0.717) is 0 Å². The normalized spacial score (nSPS) is 18.9. The van der Waals surface area contributed by atoms with E-state index in [9.17, 15) is 4.39 Å².